The molecule has 0 fully saturated rings. The number of nitrogens with one attached hydrogen (secondary N) is 1. The van der Waals surface area contributed by atoms with Gasteiger partial charge in [-0.2, -0.15) is 0 Å². The van der Waals surface area contributed by atoms with Crippen LogP contribution in [0.1, 0.15) is 46.0 Å². The average molecular weight is 169 g/mol. The van der Waals surface area contributed by atoms with Crippen LogP contribution in [0.25, 0.3) is 0 Å². The smallest absolute Gasteiger partial charge is 0.00459 e. The van der Waals surface area contributed by atoms with E-state index >= 15 is 0 Å². The van der Waals surface area contributed by atoms with Crippen molar-refractivity contribution in [3.05, 3.63) is 12.2 Å². The second kappa shape index (κ2) is 8.79. The van der Waals surface area contributed by atoms with Gasteiger partial charge in [-0.25, -0.2) is 0 Å². The fourth-order valence-corrected chi connectivity index (χ4v) is 1.24. The van der Waals surface area contributed by atoms with Gasteiger partial charge >= 0.3 is 0 Å². The van der Waals surface area contributed by atoms with Crippen LogP contribution in [0.5, 0.6) is 0 Å². The van der Waals surface area contributed by atoms with Crippen molar-refractivity contribution in [2.24, 2.45) is 0 Å². The van der Waals surface area contributed by atoms with E-state index in [2.05, 4.69) is 25.7 Å². The number of allylic oxidation sites excluding steroid dienone is 1. The van der Waals surface area contributed by atoms with Crippen LogP contribution >= 0.6 is 0 Å². The van der Waals surface area contributed by atoms with Crippen molar-refractivity contribution in [1.29, 1.82) is 0 Å². The standard InChI is InChI=1S/C11H23N/c1-4-7-11(3)8-6-10-12-9-5-2/h12H,3-10H2,1-2H3. The predicted octanol–water partition coefficient (Wildman–Crippen LogP) is 3.12. The van der Waals surface area contributed by atoms with Gasteiger partial charge in [-0.15, -0.1) is 0 Å². The Morgan fingerprint density at radius 3 is 2.42 bits per heavy atom. The summed E-state index contributed by atoms with van der Waals surface area (Å²) in [6, 6.07) is 0. The van der Waals surface area contributed by atoms with Gasteiger partial charge in [-0.3, -0.25) is 0 Å². The van der Waals surface area contributed by atoms with Gasteiger partial charge in [-0.1, -0.05) is 32.4 Å². The first-order chi connectivity index (χ1) is 5.81. The summed E-state index contributed by atoms with van der Waals surface area (Å²) in [7, 11) is 0. The maximum absolute atomic E-state index is 4.03. The zero-order valence-corrected chi connectivity index (χ0v) is 8.66. The lowest BCUT2D eigenvalue weighted by Crippen LogP contribution is -2.15. The highest BCUT2D eigenvalue weighted by Crippen LogP contribution is 2.08. The second-order valence-electron chi connectivity index (χ2n) is 3.35. The lowest BCUT2D eigenvalue weighted by atomic mass is 10.1. The molecule has 0 radical (unpaired) electrons. The van der Waals surface area contributed by atoms with Crippen molar-refractivity contribution in [3.63, 3.8) is 0 Å². The molecule has 0 aromatic carbocycles. The highest BCUT2D eigenvalue weighted by molar-refractivity contribution is 4.93. The highest BCUT2D eigenvalue weighted by Gasteiger charge is 1.92. The molecule has 12 heavy (non-hydrogen) atoms. The maximum Gasteiger partial charge on any atom is -0.00459 e. The Morgan fingerprint density at radius 1 is 1.08 bits per heavy atom. The van der Waals surface area contributed by atoms with E-state index in [1.165, 1.54) is 37.7 Å². The summed E-state index contributed by atoms with van der Waals surface area (Å²) in [4.78, 5) is 0. The summed E-state index contributed by atoms with van der Waals surface area (Å²) < 4.78 is 0. The van der Waals surface area contributed by atoms with E-state index in [1.807, 2.05) is 0 Å². The quantitative estimate of drug-likeness (QED) is 0.435. The molecule has 0 amide bonds. The van der Waals surface area contributed by atoms with E-state index in [1.54, 1.807) is 0 Å². The second-order valence-corrected chi connectivity index (χ2v) is 3.35. The zero-order valence-electron chi connectivity index (χ0n) is 8.66. The molecule has 0 aromatic heterocycles. The number of hydrogen-bond acceptors (Lipinski definition) is 1. The Balaban J connectivity index is 3.03. The minimum atomic E-state index is 1.15. The van der Waals surface area contributed by atoms with Crippen molar-refractivity contribution in [1.82, 2.24) is 5.32 Å². The molecule has 0 bridgehead atoms. The molecule has 1 N–H and O–H groups in total. The van der Waals surface area contributed by atoms with Gasteiger partial charge in [-0.05, 0) is 38.8 Å². The van der Waals surface area contributed by atoms with Gasteiger partial charge < -0.3 is 5.32 Å². The Morgan fingerprint density at radius 2 is 1.83 bits per heavy atom. The SMILES string of the molecule is C=C(CCC)CCCNCCC. The molecule has 0 spiro atoms. The third-order valence-electron chi connectivity index (χ3n) is 1.91. The van der Waals surface area contributed by atoms with Crippen molar-refractivity contribution < 1.29 is 0 Å². The summed E-state index contributed by atoms with van der Waals surface area (Å²) >= 11 is 0. The van der Waals surface area contributed by atoms with Gasteiger partial charge in [0.1, 0.15) is 0 Å². The molecule has 0 aromatic rings. The van der Waals surface area contributed by atoms with Crippen LogP contribution in [0.4, 0.5) is 0 Å². The lowest BCUT2D eigenvalue weighted by molar-refractivity contribution is 0.632. The maximum atomic E-state index is 4.03. The topological polar surface area (TPSA) is 12.0 Å². The van der Waals surface area contributed by atoms with E-state index < -0.39 is 0 Å². The Hall–Kier alpha value is -0.300. The molecule has 0 heterocycles. The first-order valence-corrected chi connectivity index (χ1v) is 5.18. The Kier molecular flexibility index (Phi) is 8.57. The van der Waals surface area contributed by atoms with E-state index in [0.717, 1.165) is 13.1 Å². The summed E-state index contributed by atoms with van der Waals surface area (Å²) in [5.74, 6) is 0. The molecule has 0 saturated heterocycles. The molecule has 0 aliphatic heterocycles. The zero-order chi connectivity index (χ0) is 9.23. The molecular formula is C11H23N. The molecule has 0 aliphatic carbocycles. The van der Waals surface area contributed by atoms with Gasteiger partial charge in [0.2, 0.25) is 0 Å². The fraction of sp³-hybridized carbons (Fsp3) is 0.818. The van der Waals surface area contributed by atoms with Crippen LogP contribution in [0, 0.1) is 0 Å². The minimum absolute atomic E-state index is 1.15. The van der Waals surface area contributed by atoms with Crippen LogP contribution in [0.15, 0.2) is 12.2 Å². The van der Waals surface area contributed by atoms with Crippen molar-refractivity contribution in [2.45, 2.75) is 46.0 Å². The van der Waals surface area contributed by atoms with E-state index in [0.29, 0.717) is 0 Å². The van der Waals surface area contributed by atoms with Gasteiger partial charge in [0.15, 0.2) is 0 Å². The molecule has 0 rings (SSSR count). The Labute approximate surface area is 77.2 Å². The third kappa shape index (κ3) is 7.80. The molecule has 1 heteroatoms. The van der Waals surface area contributed by atoms with Crippen molar-refractivity contribution in [2.75, 3.05) is 13.1 Å². The summed E-state index contributed by atoms with van der Waals surface area (Å²) in [5, 5.41) is 3.39. The van der Waals surface area contributed by atoms with Gasteiger partial charge in [0, 0.05) is 0 Å². The lowest BCUT2D eigenvalue weighted by Gasteiger charge is -2.04. The fourth-order valence-electron chi connectivity index (χ4n) is 1.24. The van der Waals surface area contributed by atoms with Gasteiger partial charge in [0.25, 0.3) is 0 Å². The van der Waals surface area contributed by atoms with E-state index in [4.69, 9.17) is 0 Å². The third-order valence-corrected chi connectivity index (χ3v) is 1.91. The van der Waals surface area contributed by atoms with Crippen LogP contribution in [-0.4, -0.2) is 13.1 Å². The van der Waals surface area contributed by atoms with Crippen molar-refractivity contribution >= 4 is 0 Å². The average Bonchev–Trinajstić information content (AvgIpc) is 2.05. The Bertz CT molecular complexity index is 108. The molecule has 0 aliphatic rings. The number of rotatable bonds is 8. The molecule has 0 unspecified atom stereocenters. The molecule has 72 valence electrons. The summed E-state index contributed by atoms with van der Waals surface area (Å²) in [5.41, 5.74) is 1.41. The molecule has 0 atom stereocenters. The normalized spacial score (nSPS) is 10.2. The van der Waals surface area contributed by atoms with Crippen LogP contribution in [-0.2, 0) is 0 Å². The van der Waals surface area contributed by atoms with Gasteiger partial charge in [0.05, 0.1) is 0 Å². The molecule has 0 saturated carbocycles. The number of hydrogen-bond donors (Lipinski definition) is 1. The highest BCUT2D eigenvalue weighted by atomic mass is 14.8. The van der Waals surface area contributed by atoms with Crippen LogP contribution < -0.4 is 5.32 Å². The largest absolute Gasteiger partial charge is 0.317 e. The summed E-state index contributed by atoms with van der Waals surface area (Å²) in [6.07, 6.45) is 6.12. The predicted molar refractivity (Wildman–Crippen MR) is 56.4 cm³/mol. The van der Waals surface area contributed by atoms with Crippen LogP contribution in [0.2, 0.25) is 0 Å². The minimum Gasteiger partial charge on any atom is -0.317 e. The van der Waals surface area contributed by atoms with Crippen LogP contribution in [0.3, 0.4) is 0 Å². The first kappa shape index (κ1) is 11.7. The molecular weight excluding hydrogens is 146 g/mol. The first-order valence-electron chi connectivity index (χ1n) is 5.18. The van der Waals surface area contributed by atoms with E-state index in [-0.39, 0.29) is 0 Å². The van der Waals surface area contributed by atoms with Crippen molar-refractivity contribution in [3.8, 4) is 0 Å². The monoisotopic (exact) mass is 169 g/mol. The summed E-state index contributed by atoms with van der Waals surface area (Å²) in [6.45, 7) is 10.7. The molecule has 1 nitrogen and oxygen atoms in total. The van der Waals surface area contributed by atoms with E-state index in [9.17, 15) is 0 Å².